The summed E-state index contributed by atoms with van der Waals surface area (Å²) in [5.74, 6) is 6.47. The zero-order valence-electron chi connectivity index (χ0n) is 30.3. The van der Waals surface area contributed by atoms with E-state index >= 15 is 0 Å². The maximum absolute atomic E-state index is 13.1. The van der Waals surface area contributed by atoms with Crippen LogP contribution in [0.1, 0.15) is 100 Å². The molecular formula is C42H54O6Te. The summed E-state index contributed by atoms with van der Waals surface area (Å²) in [7, 11) is 0. The van der Waals surface area contributed by atoms with Crippen molar-refractivity contribution >= 4 is 40.1 Å². The summed E-state index contributed by atoms with van der Waals surface area (Å²) in [6, 6.07) is 8.85. The molecule has 8 bridgehead atoms. The minimum atomic E-state index is -0.677. The SMILES string of the molecule is Cc1cc([Te]c2cc(C)c(OCC(=O)OC3(C)C4CC5CC(C4)CC3C5)c(C)c2)cc(C)c1OCC(=O)OC1(C)C2CC3CC(C2)CC1C3. The molecule has 0 unspecified atom stereocenters. The van der Waals surface area contributed by atoms with Crippen LogP contribution < -0.4 is 16.7 Å². The van der Waals surface area contributed by atoms with E-state index in [0.717, 1.165) is 57.4 Å². The van der Waals surface area contributed by atoms with E-state index in [1.54, 1.807) is 0 Å². The molecular weight excluding hydrogens is 728 g/mol. The van der Waals surface area contributed by atoms with E-state index in [1.165, 1.54) is 71.4 Å². The first-order valence-electron chi connectivity index (χ1n) is 19.0. The Morgan fingerprint density at radius 1 is 0.551 bits per heavy atom. The molecule has 0 aromatic heterocycles. The van der Waals surface area contributed by atoms with Crippen molar-refractivity contribution in [1.29, 1.82) is 0 Å². The van der Waals surface area contributed by atoms with Crippen LogP contribution in [-0.2, 0) is 19.1 Å². The van der Waals surface area contributed by atoms with E-state index < -0.39 is 20.9 Å². The van der Waals surface area contributed by atoms with Crippen molar-refractivity contribution in [3.8, 4) is 11.5 Å². The molecule has 0 aliphatic heterocycles. The average molecular weight is 782 g/mol. The molecule has 6 nitrogen and oxygen atoms in total. The first-order chi connectivity index (χ1) is 23.4. The predicted molar refractivity (Wildman–Crippen MR) is 191 cm³/mol. The van der Waals surface area contributed by atoms with Gasteiger partial charge in [0.1, 0.15) is 0 Å². The van der Waals surface area contributed by atoms with Crippen molar-refractivity contribution in [2.75, 3.05) is 13.2 Å². The van der Waals surface area contributed by atoms with Gasteiger partial charge in [-0.15, -0.1) is 0 Å². The van der Waals surface area contributed by atoms with Crippen molar-refractivity contribution in [2.45, 2.75) is 117 Å². The number of carbonyl (C=O) groups excluding carboxylic acids is 2. The van der Waals surface area contributed by atoms with Crippen LogP contribution in [0.4, 0.5) is 0 Å². The first-order valence-corrected chi connectivity index (χ1v) is 21.3. The fraction of sp³-hybridized carbons (Fsp3) is 0.667. The van der Waals surface area contributed by atoms with Gasteiger partial charge in [-0.3, -0.25) is 0 Å². The van der Waals surface area contributed by atoms with Gasteiger partial charge in [0.2, 0.25) is 0 Å². The minimum absolute atomic E-state index is 0.0473. The van der Waals surface area contributed by atoms with Crippen LogP contribution in [0.5, 0.6) is 11.5 Å². The molecule has 2 aromatic carbocycles. The van der Waals surface area contributed by atoms with Crippen molar-refractivity contribution in [2.24, 2.45) is 47.3 Å². The summed E-state index contributed by atoms with van der Waals surface area (Å²) in [5.41, 5.74) is 3.53. The predicted octanol–water partition coefficient (Wildman–Crippen LogP) is 6.85. The molecule has 2 aromatic rings. The van der Waals surface area contributed by atoms with E-state index in [4.69, 9.17) is 18.9 Å². The topological polar surface area (TPSA) is 71.1 Å². The molecule has 0 spiro atoms. The van der Waals surface area contributed by atoms with Gasteiger partial charge in [0.15, 0.2) is 0 Å². The van der Waals surface area contributed by atoms with Crippen molar-refractivity contribution in [3.63, 3.8) is 0 Å². The second kappa shape index (κ2) is 12.8. The Morgan fingerprint density at radius 3 is 1.12 bits per heavy atom. The number of esters is 2. The van der Waals surface area contributed by atoms with Gasteiger partial charge in [-0.05, 0) is 12.8 Å². The summed E-state index contributed by atoms with van der Waals surface area (Å²) < 4.78 is 27.4. The molecule has 7 heteroatoms. The number of hydrogen-bond acceptors (Lipinski definition) is 6. The van der Waals surface area contributed by atoms with Gasteiger partial charge in [0, 0.05) is 0 Å². The Kier molecular flexibility index (Phi) is 8.83. The van der Waals surface area contributed by atoms with E-state index in [0.29, 0.717) is 23.7 Å². The molecule has 10 rings (SSSR count). The van der Waals surface area contributed by atoms with Gasteiger partial charge in [0.05, 0.1) is 0 Å². The maximum atomic E-state index is 13.1. The number of hydrogen-bond donors (Lipinski definition) is 0. The number of rotatable bonds is 10. The summed E-state index contributed by atoms with van der Waals surface area (Å²) in [5, 5.41) is 0. The molecule has 8 aliphatic rings. The first kappa shape index (κ1) is 33.9. The van der Waals surface area contributed by atoms with Crippen LogP contribution in [0.15, 0.2) is 24.3 Å². The van der Waals surface area contributed by atoms with Gasteiger partial charge in [0.25, 0.3) is 0 Å². The van der Waals surface area contributed by atoms with Crippen LogP contribution in [0.2, 0.25) is 0 Å². The van der Waals surface area contributed by atoms with Gasteiger partial charge >= 0.3 is 291 Å². The van der Waals surface area contributed by atoms with Crippen LogP contribution in [0, 0.1) is 75.0 Å². The summed E-state index contributed by atoms with van der Waals surface area (Å²) in [6.07, 6.45) is 12.5. The van der Waals surface area contributed by atoms with E-state index in [1.807, 2.05) is 0 Å². The van der Waals surface area contributed by atoms with Gasteiger partial charge in [-0.1, -0.05) is 0 Å². The quantitative estimate of drug-likeness (QED) is 0.194. The summed E-state index contributed by atoms with van der Waals surface area (Å²) in [4.78, 5) is 26.2. The Labute approximate surface area is 302 Å². The molecule has 8 fully saturated rings. The average Bonchev–Trinajstić information content (AvgIpc) is 3.01. The summed E-state index contributed by atoms with van der Waals surface area (Å²) >= 11 is -0.677. The van der Waals surface area contributed by atoms with Crippen molar-refractivity contribution in [3.05, 3.63) is 46.5 Å². The molecule has 8 aliphatic carbocycles. The number of aryl methyl sites for hydroxylation is 4. The second-order valence-electron chi connectivity index (χ2n) is 17.4. The third-order valence-electron chi connectivity index (χ3n) is 14.0. The zero-order valence-corrected chi connectivity index (χ0v) is 32.6. The van der Waals surface area contributed by atoms with Gasteiger partial charge in [-0.25, -0.2) is 0 Å². The molecule has 8 saturated carbocycles. The third kappa shape index (κ3) is 6.32. The fourth-order valence-corrected chi connectivity index (χ4v) is 15.4. The molecule has 0 atom stereocenters. The van der Waals surface area contributed by atoms with Gasteiger partial charge < -0.3 is 0 Å². The third-order valence-corrected chi connectivity index (χ3v) is 16.6. The normalized spacial score (nSPS) is 36.5. The molecule has 264 valence electrons. The van der Waals surface area contributed by atoms with Crippen molar-refractivity contribution in [1.82, 2.24) is 0 Å². The van der Waals surface area contributed by atoms with Crippen molar-refractivity contribution < 1.29 is 28.5 Å². The Bertz CT molecular complexity index is 1420. The second-order valence-corrected chi connectivity index (χ2v) is 20.6. The Balaban J connectivity index is 0.858. The molecule has 0 heterocycles. The molecule has 49 heavy (non-hydrogen) atoms. The van der Waals surface area contributed by atoms with Crippen LogP contribution in [0.25, 0.3) is 0 Å². The van der Waals surface area contributed by atoms with Crippen LogP contribution in [0.3, 0.4) is 0 Å². The van der Waals surface area contributed by atoms with E-state index in [9.17, 15) is 9.59 Å². The van der Waals surface area contributed by atoms with Crippen LogP contribution >= 0.6 is 0 Å². The molecule has 0 N–H and O–H groups in total. The Hall–Kier alpha value is -2.23. The monoisotopic (exact) mass is 784 g/mol. The number of carbonyl (C=O) groups is 2. The van der Waals surface area contributed by atoms with E-state index in [-0.39, 0.29) is 36.4 Å². The zero-order chi connectivity index (χ0) is 34.2. The van der Waals surface area contributed by atoms with E-state index in [2.05, 4.69) is 65.8 Å². The van der Waals surface area contributed by atoms with Crippen LogP contribution in [-0.4, -0.2) is 57.3 Å². The Morgan fingerprint density at radius 2 is 0.837 bits per heavy atom. The van der Waals surface area contributed by atoms with Gasteiger partial charge in [-0.2, -0.15) is 0 Å². The molecule has 0 radical (unpaired) electrons. The standard InChI is InChI=1S/C42H54O6Te/c1-23-7-35(8-24(2)39(23)45-21-37(43)47-41(5)31-13-27-11-28(15-31)16-32(41)14-27)49-36-9-25(3)40(26(4)10-36)46-22-38(44)48-42(6)33-17-29-12-30(19-33)20-34(42)18-29/h7-10,27-34H,11-22H2,1-6H3. The number of benzene rings is 2. The molecule has 0 amide bonds. The fourth-order valence-electron chi connectivity index (χ4n) is 11.9. The number of ether oxygens (including phenoxy) is 4. The summed E-state index contributed by atoms with van der Waals surface area (Å²) in [6.45, 7) is 12.6. The molecule has 0 saturated heterocycles.